The van der Waals surface area contributed by atoms with Gasteiger partial charge in [0.15, 0.2) is 0 Å². The van der Waals surface area contributed by atoms with Gasteiger partial charge in [0, 0.05) is 12.1 Å². The number of sulfonamides is 1. The molecule has 3 atom stereocenters. The van der Waals surface area contributed by atoms with Gasteiger partial charge in [-0.15, -0.1) is 0 Å². The molecule has 3 rings (SSSR count). The van der Waals surface area contributed by atoms with Crippen LogP contribution < -0.4 is 0 Å². The van der Waals surface area contributed by atoms with E-state index < -0.39 is 21.9 Å². The number of carboxylic acids is 1. The second-order valence-corrected chi connectivity index (χ2v) is 7.47. The van der Waals surface area contributed by atoms with Crippen molar-refractivity contribution in [1.29, 1.82) is 0 Å². The van der Waals surface area contributed by atoms with E-state index in [1.807, 2.05) is 6.92 Å². The van der Waals surface area contributed by atoms with Crippen LogP contribution in [0.15, 0.2) is 29.2 Å². The first-order chi connectivity index (χ1) is 9.41. The molecule has 1 N–H and O–H groups in total. The maximum absolute atomic E-state index is 12.7. The second kappa shape index (κ2) is 4.56. The van der Waals surface area contributed by atoms with Crippen LogP contribution in [0.5, 0.6) is 0 Å². The number of aryl methyl sites for hydroxylation is 1. The maximum Gasteiger partial charge on any atom is 0.308 e. The van der Waals surface area contributed by atoms with E-state index in [2.05, 4.69) is 0 Å². The highest BCUT2D eigenvalue weighted by Gasteiger charge is 2.54. The standard InChI is InChI=1S/C14H17NO4S/c1-9-2-5-11(6-3-9)20(18,19)15-10-4-7-13(15)12(8-10)14(16)17/h2-3,5-6,10,12-13H,4,7-8H2,1H3,(H,16,17)/t10-,12-,13+/m1/s1. The Kier molecular flexibility index (Phi) is 3.10. The summed E-state index contributed by atoms with van der Waals surface area (Å²) < 4.78 is 26.9. The molecule has 2 heterocycles. The number of fused-ring (bicyclic) bond motifs is 2. The normalized spacial score (nSPS) is 29.8. The van der Waals surface area contributed by atoms with Gasteiger partial charge in [-0.3, -0.25) is 4.79 Å². The van der Waals surface area contributed by atoms with Crippen molar-refractivity contribution in [2.45, 2.75) is 43.2 Å². The average Bonchev–Trinajstić information content (AvgIpc) is 2.97. The SMILES string of the molecule is Cc1ccc(S(=O)(=O)N2[C@@H]3CC[C@H]2[C@H](C(=O)O)C3)cc1. The molecule has 0 unspecified atom stereocenters. The lowest BCUT2D eigenvalue weighted by atomic mass is 9.89. The average molecular weight is 295 g/mol. The van der Waals surface area contributed by atoms with E-state index in [9.17, 15) is 18.3 Å². The van der Waals surface area contributed by atoms with Crippen LogP contribution in [0.2, 0.25) is 0 Å². The summed E-state index contributed by atoms with van der Waals surface area (Å²) in [6, 6.07) is 6.17. The van der Waals surface area contributed by atoms with Crippen molar-refractivity contribution < 1.29 is 18.3 Å². The summed E-state index contributed by atoms with van der Waals surface area (Å²) in [4.78, 5) is 11.5. The van der Waals surface area contributed by atoms with Crippen molar-refractivity contribution in [1.82, 2.24) is 4.31 Å². The third-order valence-corrected chi connectivity index (χ3v) is 6.38. The predicted octanol–water partition coefficient (Wildman–Crippen LogP) is 1.62. The summed E-state index contributed by atoms with van der Waals surface area (Å²) in [5.41, 5.74) is 0.997. The van der Waals surface area contributed by atoms with E-state index in [4.69, 9.17) is 0 Å². The monoisotopic (exact) mass is 295 g/mol. The van der Waals surface area contributed by atoms with Crippen molar-refractivity contribution in [3.63, 3.8) is 0 Å². The third-order valence-electron chi connectivity index (χ3n) is 4.39. The number of hydrogen-bond acceptors (Lipinski definition) is 3. The smallest absolute Gasteiger partial charge is 0.308 e. The quantitative estimate of drug-likeness (QED) is 0.919. The zero-order valence-electron chi connectivity index (χ0n) is 11.2. The van der Waals surface area contributed by atoms with Gasteiger partial charge in [0.2, 0.25) is 10.0 Å². The van der Waals surface area contributed by atoms with Gasteiger partial charge >= 0.3 is 5.97 Å². The third kappa shape index (κ3) is 1.94. The van der Waals surface area contributed by atoms with E-state index in [0.29, 0.717) is 12.8 Å². The highest BCUT2D eigenvalue weighted by molar-refractivity contribution is 7.89. The fraction of sp³-hybridized carbons (Fsp3) is 0.500. The molecule has 6 heteroatoms. The van der Waals surface area contributed by atoms with Gasteiger partial charge in [-0.25, -0.2) is 8.42 Å². The lowest BCUT2D eigenvalue weighted by Gasteiger charge is -2.22. The number of carbonyl (C=O) groups is 1. The Morgan fingerprint density at radius 3 is 2.45 bits per heavy atom. The number of hydrogen-bond donors (Lipinski definition) is 1. The minimum Gasteiger partial charge on any atom is -0.481 e. The molecule has 108 valence electrons. The molecule has 1 aromatic rings. The summed E-state index contributed by atoms with van der Waals surface area (Å²) in [6.07, 6.45) is 1.84. The first-order valence-corrected chi connectivity index (χ1v) is 8.18. The Bertz CT molecular complexity index is 638. The molecule has 2 saturated heterocycles. The number of rotatable bonds is 3. The Balaban J connectivity index is 1.97. The van der Waals surface area contributed by atoms with Gasteiger partial charge in [-0.05, 0) is 38.3 Å². The molecule has 0 aliphatic carbocycles. The molecule has 20 heavy (non-hydrogen) atoms. The van der Waals surface area contributed by atoms with Gasteiger partial charge in [-0.1, -0.05) is 17.7 Å². The van der Waals surface area contributed by atoms with Crippen LogP contribution in [0.25, 0.3) is 0 Å². The topological polar surface area (TPSA) is 74.7 Å². The molecule has 0 amide bonds. The Labute approximate surface area is 118 Å². The van der Waals surface area contributed by atoms with Gasteiger partial charge in [-0.2, -0.15) is 4.31 Å². The molecular weight excluding hydrogens is 278 g/mol. The van der Waals surface area contributed by atoms with Crippen molar-refractivity contribution >= 4 is 16.0 Å². The first-order valence-electron chi connectivity index (χ1n) is 6.74. The fourth-order valence-electron chi connectivity index (χ4n) is 3.41. The Morgan fingerprint density at radius 2 is 1.90 bits per heavy atom. The van der Waals surface area contributed by atoms with Crippen molar-refractivity contribution in [3.05, 3.63) is 29.8 Å². The highest BCUT2D eigenvalue weighted by Crippen LogP contribution is 2.44. The molecule has 5 nitrogen and oxygen atoms in total. The first kappa shape index (κ1) is 13.6. The summed E-state index contributed by atoms with van der Waals surface area (Å²) >= 11 is 0. The number of aliphatic carboxylic acids is 1. The number of benzene rings is 1. The largest absolute Gasteiger partial charge is 0.481 e. The van der Waals surface area contributed by atoms with Gasteiger partial charge in [0.1, 0.15) is 0 Å². The molecule has 0 spiro atoms. The van der Waals surface area contributed by atoms with Crippen molar-refractivity contribution in [2.75, 3.05) is 0 Å². The molecule has 0 aromatic heterocycles. The Hall–Kier alpha value is -1.40. The highest BCUT2D eigenvalue weighted by atomic mass is 32.2. The van der Waals surface area contributed by atoms with Gasteiger partial charge in [0.05, 0.1) is 10.8 Å². The van der Waals surface area contributed by atoms with E-state index in [-0.39, 0.29) is 17.0 Å². The zero-order valence-corrected chi connectivity index (χ0v) is 12.0. The van der Waals surface area contributed by atoms with Crippen LogP contribution in [0.3, 0.4) is 0 Å². The van der Waals surface area contributed by atoms with Crippen LogP contribution in [-0.2, 0) is 14.8 Å². The number of nitrogens with zero attached hydrogens (tertiary/aromatic N) is 1. The molecule has 1 aromatic carbocycles. The molecule has 2 aliphatic heterocycles. The van der Waals surface area contributed by atoms with Crippen LogP contribution in [-0.4, -0.2) is 35.9 Å². The molecule has 2 fully saturated rings. The molecule has 0 saturated carbocycles. The van der Waals surface area contributed by atoms with E-state index in [1.54, 1.807) is 24.3 Å². The summed E-state index contributed by atoms with van der Waals surface area (Å²) in [7, 11) is -3.59. The maximum atomic E-state index is 12.7. The van der Waals surface area contributed by atoms with Crippen LogP contribution in [0, 0.1) is 12.8 Å². The fourth-order valence-corrected chi connectivity index (χ4v) is 5.33. The van der Waals surface area contributed by atoms with Crippen LogP contribution in [0.4, 0.5) is 0 Å². The summed E-state index contributed by atoms with van der Waals surface area (Å²) in [5.74, 6) is -1.45. The van der Waals surface area contributed by atoms with E-state index >= 15 is 0 Å². The molecule has 0 radical (unpaired) electrons. The van der Waals surface area contributed by atoms with Crippen LogP contribution >= 0.6 is 0 Å². The van der Waals surface area contributed by atoms with E-state index in [1.165, 1.54) is 4.31 Å². The lowest BCUT2D eigenvalue weighted by molar-refractivity contribution is -0.142. The molecule has 2 aliphatic rings. The van der Waals surface area contributed by atoms with Crippen LogP contribution in [0.1, 0.15) is 24.8 Å². The summed E-state index contributed by atoms with van der Waals surface area (Å²) in [6.45, 7) is 1.90. The van der Waals surface area contributed by atoms with Gasteiger partial charge in [0.25, 0.3) is 0 Å². The minimum atomic E-state index is -3.59. The van der Waals surface area contributed by atoms with Gasteiger partial charge < -0.3 is 5.11 Å². The number of carboxylic acid groups (broad SMARTS) is 1. The molecule has 2 bridgehead atoms. The zero-order chi connectivity index (χ0) is 14.5. The van der Waals surface area contributed by atoms with E-state index in [0.717, 1.165) is 12.0 Å². The van der Waals surface area contributed by atoms with Crippen molar-refractivity contribution in [3.8, 4) is 0 Å². The molecular formula is C14H17NO4S. The summed E-state index contributed by atoms with van der Waals surface area (Å²) in [5, 5.41) is 9.20. The Morgan fingerprint density at radius 1 is 1.25 bits per heavy atom. The predicted molar refractivity (Wildman–Crippen MR) is 72.8 cm³/mol. The lowest BCUT2D eigenvalue weighted by Crippen LogP contribution is -2.37. The van der Waals surface area contributed by atoms with Crippen molar-refractivity contribution in [2.24, 2.45) is 5.92 Å². The minimum absolute atomic E-state index is 0.160. The second-order valence-electron chi connectivity index (χ2n) is 5.63.